The highest BCUT2D eigenvalue weighted by molar-refractivity contribution is 5.98. The van der Waals surface area contributed by atoms with Gasteiger partial charge < -0.3 is 19.4 Å². The van der Waals surface area contributed by atoms with Crippen LogP contribution < -0.4 is 9.47 Å². The zero-order valence-electron chi connectivity index (χ0n) is 16.3. The Morgan fingerprint density at radius 3 is 2.59 bits per heavy atom. The molecule has 0 unspecified atom stereocenters. The molecule has 1 saturated heterocycles. The van der Waals surface area contributed by atoms with Gasteiger partial charge in [0.1, 0.15) is 17.1 Å². The average molecular weight is 365 g/mol. The minimum Gasteiger partial charge on any atom is -0.497 e. The number of ether oxygens (including phenoxy) is 2. The van der Waals surface area contributed by atoms with Crippen molar-refractivity contribution in [2.45, 2.75) is 19.8 Å². The summed E-state index contributed by atoms with van der Waals surface area (Å²) in [5.41, 5.74) is 3.29. The minimum atomic E-state index is 0.221. The molecule has 0 atom stereocenters. The van der Waals surface area contributed by atoms with E-state index in [1.54, 1.807) is 7.11 Å². The van der Waals surface area contributed by atoms with Crippen molar-refractivity contribution in [2.24, 2.45) is 5.41 Å². The minimum absolute atomic E-state index is 0.221. The van der Waals surface area contributed by atoms with Crippen molar-refractivity contribution in [3.05, 3.63) is 42.7 Å². The number of benzene rings is 1. The predicted molar refractivity (Wildman–Crippen MR) is 108 cm³/mol. The first-order chi connectivity index (χ1) is 13.1. The topological polar surface area (TPSA) is 50.4 Å². The van der Waals surface area contributed by atoms with Crippen molar-refractivity contribution in [2.75, 3.05) is 33.9 Å². The molecule has 1 aliphatic heterocycles. The van der Waals surface area contributed by atoms with E-state index in [0.717, 1.165) is 66.2 Å². The normalized spacial score (nSPS) is 17.1. The number of likely N-dealkylation sites (tertiary alicyclic amines) is 1. The van der Waals surface area contributed by atoms with Crippen molar-refractivity contribution in [1.29, 1.82) is 0 Å². The molecule has 3 aromatic rings. The molecule has 0 saturated carbocycles. The SMILES string of the molecule is COc1ccc(-c2c[nH]c3nccc(OCC4(C)CCN(C)CC4)c23)cc1. The third-order valence-corrected chi connectivity index (χ3v) is 5.71. The second-order valence-electron chi connectivity index (χ2n) is 7.87. The van der Waals surface area contributed by atoms with Crippen LogP contribution in [0.1, 0.15) is 19.8 Å². The van der Waals surface area contributed by atoms with E-state index in [4.69, 9.17) is 9.47 Å². The lowest BCUT2D eigenvalue weighted by Crippen LogP contribution is -2.39. The van der Waals surface area contributed by atoms with Gasteiger partial charge in [0.2, 0.25) is 0 Å². The first-order valence-electron chi connectivity index (χ1n) is 9.50. The second kappa shape index (κ2) is 7.24. The van der Waals surface area contributed by atoms with Crippen molar-refractivity contribution < 1.29 is 9.47 Å². The van der Waals surface area contributed by atoms with Gasteiger partial charge in [-0.1, -0.05) is 19.1 Å². The summed E-state index contributed by atoms with van der Waals surface area (Å²) in [6, 6.07) is 10.1. The molecule has 0 radical (unpaired) electrons. The van der Waals surface area contributed by atoms with Gasteiger partial charge in [0, 0.05) is 23.4 Å². The Morgan fingerprint density at radius 1 is 1.15 bits per heavy atom. The van der Waals surface area contributed by atoms with Crippen LogP contribution in [0.4, 0.5) is 0 Å². The summed E-state index contributed by atoms with van der Waals surface area (Å²) in [6.45, 7) is 5.33. The van der Waals surface area contributed by atoms with Crippen molar-refractivity contribution >= 4 is 11.0 Å². The number of hydrogen-bond donors (Lipinski definition) is 1. The summed E-state index contributed by atoms with van der Waals surface area (Å²) < 4.78 is 11.6. The Hall–Kier alpha value is -2.53. The fourth-order valence-corrected chi connectivity index (χ4v) is 3.70. The fraction of sp³-hybridized carbons (Fsp3) is 0.409. The number of H-pyrrole nitrogens is 1. The van der Waals surface area contributed by atoms with Gasteiger partial charge in [0.15, 0.2) is 0 Å². The first kappa shape index (κ1) is 17.9. The summed E-state index contributed by atoms with van der Waals surface area (Å²) in [5, 5.41) is 1.04. The predicted octanol–water partition coefficient (Wildman–Crippen LogP) is 4.35. The molecule has 0 amide bonds. The van der Waals surface area contributed by atoms with Gasteiger partial charge >= 0.3 is 0 Å². The number of pyridine rings is 1. The van der Waals surface area contributed by atoms with Crippen LogP contribution in [0, 0.1) is 5.41 Å². The zero-order valence-corrected chi connectivity index (χ0v) is 16.3. The molecule has 1 aliphatic rings. The molecule has 142 valence electrons. The van der Waals surface area contributed by atoms with Gasteiger partial charge in [0.05, 0.1) is 19.1 Å². The number of nitrogens with zero attached hydrogens (tertiary/aromatic N) is 2. The van der Waals surface area contributed by atoms with Crippen molar-refractivity contribution in [1.82, 2.24) is 14.9 Å². The molecule has 27 heavy (non-hydrogen) atoms. The van der Waals surface area contributed by atoms with E-state index in [-0.39, 0.29) is 5.41 Å². The van der Waals surface area contributed by atoms with Crippen LogP contribution in [-0.4, -0.2) is 48.7 Å². The maximum atomic E-state index is 6.36. The van der Waals surface area contributed by atoms with Gasteiger partial charge in [-0.3, -0.25) is 0 Å². The molecule has 5 heteroatoms. The quantitative estimate of drug-likeness (QED) is 0.730. The third-order valence-electron chi connectivity index (χ3n) is 5.71. The van der Waals surface area contributed by atoms with E-state index >= 15 is 0 Å². The molecule has 1 fully saturated rings. The summed E-state index contributed by atoms with van der Waals surface area (Å²) >= 11 is 0. The number of nitrogens with one attached hydrogen (secondary N) is 1. The monoisotopic (exact) mass is 365 g/mol. The standard InChI is InChI=1S/C22H27N3O2/c1-22(9-12-25(2)13-10-22)15-27-19-8-11-23-21-20(19)18(14-24-21)16-4-6-17(26-3)7-5-16/h4-8,11,14H,9-10,12-13,15H2,1-3H3,(H,23,24). The highest BCUT2D eigenvalue weighted by Gasteiger charge is 2.30. The third kappa shape index (κ3) is 3.65. The van der Waals surface area contributed by atoms with E-state index in [2.05, 4.69) is 41.0 Å². The Bertz CT molecular complexity index is 909. The van der Waals surface area contributed by atoms with E-state index in [0.29, 0.717) is 0 Å². The summed E-state index contributed by atoms with van der Waals surface area (Å²) in [4.78, 5) is 10.1. The average Bonchev–Trinajstić information content (AvgIpc) is 3.14. The number of piperidine rings is 1. The first-order valence-corrected chi connectivity index (χ1v) is 9.50. The lowest BCUT2D eigenvalue weighted by atomic mass is 9.81. The molecule has 2 aromatic heterocycles. The van der Waals surface area contributed by atoms with E-state index in [1.165, 1.54) is 0 Å². The highest BCUT2D eigenvalue weighted by Crippen LogP contribution is 2.37. The summed E-state index contributed by atoms with van der Waals surface area (Å²) in [6.07, 6.45) is 6.14. The lowest BCUT2D eigenvalue weighted by Gasteiger charge is -2.37. The molecular weight excluding hydrogens is 338 g/mol. The maximum absolute atomic E-state index is 6.36. The second-order valence-corrected chi connectivity index (χ2v) is 7.87. The van der Waals surface area contributed by atoms with Gasteiger partial charge in [0.25, 0.3) is 0 Å². The summed E-state index contributed by atoms with van der Waals surface area (Å²) in [5.74, 6) is 1.75. The molecule has 5 nitrogen and oxygen atoms in total. The zero-order chi connectivity index (χ0) is 18.9. The van der Waals surface area contributed by atoms with Crippen molar-refractivity contribution in [3.8, 4) is 22.6 Å². The smallest absolute Gasteiger partial charge is 0.141 e. The molecule has 4 rings (SSSR count). The van der Waals surface area contributed by atoms with Gasteiger partial charge in [-0.15, -0.1) is 0 Å². The molecule has 0 aliphatic carbocycles. The number of fused-ring (bicyclic) bond motifs is 1. The van der Waals surface area contributed by atoms with Crippen molar-refractivity contribution in [3.63, 3.8) is 0 Å². The number of aromatic nitrogens is 2. The fourth-order valence-electron chi connectivity index (χ4n) is 3.70. The van der Waals surface area contributed by atoms with Crippen LogP contribution in [0.2, 0.25) is 0 Å². The van der Waals surface area contributed by atoms with Crippen LogP contribution in [0.15, 0.2) is 42.7 Å². The largest absolute Gasteiger partial charge is 0.497 e. The summed E-state index contributed by atoms with van der Waals surface area (Å²) in [7, 11) is 3.87. The van der Waals surface area contributed by atoms with E-state index in [1.807, 2.05) is 30.6 Å². The van der Waals surface area contributed by atoms with E-state index in [9.17, 15) is 0 Å². The van der Waals surface area contributed by atoms with Crippen LogP contribution in [0.25, 0.3) is 22.2 Å². The number of aromatic amines is 1. The van der Waals surface area contributed by atoms with Crippen LogP contribution in [0.3, 0.4) is 0 Å². The Kier molecular flexibility index (Phi) is 4.79. The van der Waals surface area contributed by atoms with Gasteiger partial charge in [-0.2, -0.15) is 0 Å². The number of hydrogen-bond acceptors (Lipinski definition) is 4. The molecule has 1 aromatic carbocycles. The van der Waals surface area contributed by atoms with Gasteiger partial charge in [-0.25, -0.2) is 4.98 Å². The Morgan fingerprint density at radius 2 is 1.89 bits per heavy atom. The molecule has 0 spiro atoms. The molecule has 1 N–H and O–H groups in total. The number of methoxy groups -OCH3 is 1. The van der Waals surface area contributed by atoms with E-state index < -0.39 is 0 Å². The Balaban J connectivity index is 1.62. The van der Waals surface area contributed by atoms with Crippen LogP contribution >= 0.6 is 0 Å². The van der Waals surface area contributed by atoms with Crippen LogP contribution in [-0.2, 0) is 0 Å². The molecule has 0 bridgehead atoms. The lowest BCUT2D eigenvalue weighted by molar-refractivity contribution is 0.0811. The van der Waals surface area contributed by atoms with Gasteiger partial charge in [-0.05, 0) is 56.7 Å². The molecular formula is C22H27N3O2. The van der Waals surface area contributed by atoms with Crippen LogP contribution in [0.5, 0.6) is 11.5 Å². The highest BCUT2D eigenvalue weighted by atomic mass is 16.5. The molecule has 3 heterocycles. The Labute approximate surface area is 160 Å². The maximum Gasteiger partial charge on any atom is 0.141 e. The number of rotatable bonds is 5.